The highest BCUT2D eigenvalue weighted by atomic mass is 79.9. The van der Waals surface area contributed by atoms with Crippen molar-refractivity contribution < 1.29 is 9.47 Å². The molecular weight excluding hydrogens is 530 g/mol. The number of methoxy groups -OCH3 is 1. The average molecular weight is 563 g/mol. The molecule has 7 heteroatoms. The number of ether oxygens (including phenoxy) is 2. The number of fused-ring (bicyclic) bond motifs is 1. The zero-order chi connectivity index (χ0) is 26.7. The van der Waals surface area contributed by atoms with Crippen LogP contribution in [0.2, 0.25) is 0 Å². The molecule has 192 valence electrons. The van der Waals surface area contributed by atoms with Crippen LogP contribution in [0.5, 0.6) is 11.5 Å². The molecule has 0 amide bonds. The van der Waals surface area contributed by atoms with E-state index in [0.29, 0.717) is 22.5 Å². The highest BCUT2D eigenvalue weighted by Crippen LogP contribution is 2.34. The first-order valence-corrected chi connectivity index (χ1v) is 13.2. The second-order valence-corrected chi connectivity index (χ2v) is 10.3. The lowest BCUT2D eigenvalue weighted by molar-refractivity contribution is 0.217. The van der Waals surface area contributed by atoms with Gasteiger partial charge < -0.3 is 9.47 Å². The summed E-state index contributed by atoms with van der Waals surface area (Å²) in [5.74, 6) is 2.21. The van der Waals surface area contributed by atoms with Crippen molar-refractivity contribution in [3.8, 4) is 22.9 Å². The largest absolute Gasteiger partial charge is 0.496 e. The van der Waals surface area contributed by atoms with Gasteiger partial charge in [0.1, 0.15) is 11.5 Å². The Labute approximate surface area is 226 Å². The maximum Gasteiger partial charge on any atom is 0.282 e. The van der Waals surface area contributed by atoms with Gasteiger partial charge in [0.15, 0.2) is 5.82 Å². The zero-order valence-electron chi connectivity index (χ0n) is 22.1. The first kappa shape index (κ1) is 26.6. The second kappa shape index (κ2) is 11.3. The van der Waals surface area contributed by atoms with Gasteiger partial charge in [0.2, 0.25) is 0 Å². The molecule has 0 fully saturated rings. The van der Waals surface area contributed by atoms with E-state index in [1.54, 1.807) is 19.4 Å². The summed E-state index contributed by atoms with van der Waals surface area (Å²) in [6.45, 7) is 10.3. The highest BCUT2D eigenvalue weighted by molar-refractivity contribution is 9.10. The fourth-order valence-corrected chi connectivity index (χ4v) is 4.50. The van der Waals surface area contributed by atoms with Crippen molar-refractivity contribution in [3.05, 3.63) is 86.1 Å². The third-order valence-electron chi connectivity index (χ3n) is 6.38. The Hall–Kier alpha value is -3.45. The van der Waals surface area contributed by atoms with E-state index in [1.807, 2.05) is 56.3 Å². The van der Waals surface area contributed by atoms with Crippen LogP contribution in [0.3, 0.4) is 0 Å². The van der Waals surface area contributed by atoms with Crippen molar-refractivity contribution in [2.45, 2.75) is 53.1 Å². The SMILES string of the molecule is CC[C@H](C)Oc1ccc(Br)cc1C=Nn1c(-c2cc(C(C)C)c(OC)cc2C)nc2ccccc2c1=O. The maximum absolute atomic E-state index is 13.7. The minimum Gasteiger partial charge on any atom is -0.496 e. The van der Waals surface area contributed by atoms with Crippen molar-refractivity contribution >= 4 is 33.0 Å². The number of aromatic nitrogens is 2. The van der Waals surface area contributed by atoms with Crippen molar-refractivity contribution in [3.63, 3.8) is 0 Å². The number of hydrogen-bond donors (Lipinski definition) is 0. The summed E-state index contributed by atoms with van der Waals surface area (Å²) < 4.78 is 14.0. The Balaban J connectivity index is 1.96. The molecule has 0 N–H and O–H groups in total. The van der Waals surface area contributed by atoms with E-state index in [4.69, 9.17) is 14.5 Å². The first-order chi connectivity index (χ1) is 17.7. The Bertz CT molecular complexity index is 1530. The Morgan fingerprint density at radius 3 is 2.54 bits per heavy atom. The molecule has 0 saturated carbocycles. The van der Waals surface area contributed by atoms with E-state index in [0.717, 1.165) is 38.9 Å². The molecule has 1 aromatic heterocycles. The molecule has 6 nitrogen and oxygen atoms in total. The molecule has 0 aliphatic heterocycles. The fraction of sp³-hybridized carbons (Fsp3) is 0.300. The third-order valence-corrected chi connectivity index (χ3v) is 6.87. The van der Waals surface area contributed by atoms with Gasteiger partial charge in [0.05, 0.1) is 30.3 Å². The number of aryl methyl sites for hydroxylation is 1. The van der Waals surface area contributed by atoms with Gasteiger partial charge in [0.25, 0.3) is 5.56 Å². The molecule has 37 heavy (non-hydrogen) atoms. The monoisotopic (exact) mass is 561 g/mol. The summed E-state index contributed by atoms with van der Waals surface area (Å²) in [6, 6.07) is 17.1. The predicted octanol–water partition coefficient (Wildman–Crippen LogP) is 7.33. The van der Waals surface area contributed by atoms with Crippen LogP contribution >= 0.6 is 15.9 Å². The van der Waals surface area contributed by atoms with Crippen molar-refractivity contribution in [1.82, 2.24) is 9.66 Å². The summed E-state index contributed by atoms with van der Waals surface area (Å²) in [5.41, 5.74) is 3.95. The molecule has 0 bridgehead atoms. The minimum absolute atomic E-state index is 0.0466. The van der Waals surface area contributed by atoms with Gasteiger partial charge in [-0.2, -0.15) is 9.78 Å². The molecule has 3 aromatic carbocycles. The number of para-hydroxylation sites is 1. The van der Waals surface area contributed by atoms with E-state index in [2.05, 4.69) is 47.9 Å². The van der Waals surface area contributed by atoms with Gasteiger partial charge in [-0.25, -0.2) is 4.98 Å². The Morgan fingerprint density at radius 2 is 1.84 bits per heavy atom. The van der Waals surface area contributed by atoms with Gasteiger partial charge in [-0.1, -0.05) is 48.8 Å². The summed E-state index contributed by atoms with van der Waals surface area (Å²) >= 11 is 3.54. The molecule has 0 radical (unpaired) electrons. The van der Waals surface area contributed by atoms with E-state index in [1.165, 1.54) is 4.68 Å². The average Bonchev–Trinajstić information content (AvgIpc) is 2.89. The molecule has 0 aliphatic rings. The standard InChI is InChI=1S/C30H32BrN3O3/c1-7-20(5)37-27-13-12-22(31)15-21(27)17-32-34-29(33-26-11-9-8-10-23(26)30(34)35)25-16-24(18(2)3)28(36-6)14-19(25)4/h8-18,20H,7H2,1-6H3/t20-/m0/s1. The van der Waals surface area contributed by atoms with E-state index in [-0.39, 0.29) is 17.6 Å². The van der Waals surface area contributed by atoms with Gasteiger partial charge in [-0.15, -0.1) is 0 Å². The molecule has 1 heterocycles. The maximum atomic E-state index is 13.7. The minimum atomic E-state index is -0.238. The fourth-order valence-electron chi connectivity index (χ4n) is 4.12. The van der Waals surface area contributed by atoms with Crippen LogP contribution in [-0.2, 0) is 0 Å². The quantitative estimate of drug-likeness (QED) is 0.211. The number of rotatable bonds is 8. The molecule has 4 aromatic rings. The van der Waals surface area contributed by atoms with E-state index in [9.17, 15) is 4.79 Å². The topological polar surface area (TPSA) is 65.7 Å². The van der Waals surface area contributed by atoms with Crippen LogP contribution in [0.15, 0.2) is 69.0 Å². The van der Waals surface area contributed by atoms with Crippen molar-refractivity contribution in [2.75, 3.05) is 7.11 Å². The van der Waals surface area contributed by atoms with Crippen LogP contribution in [0.25, 0.3) is 22.3 Å². The molecular formula is C30H32BrN3O3. The Morgan fingerprint density at radius 1 is 1.08 bits per heavy atom. The summed E-state index contributed by atoms with van der Waals surface area (Å²) in [7, 11) is 1.67. The third kappa shape index (κ3) is 5.62. The van der Waals surface area contributed by atoms with Crippen molar-refractivity contribution in [1.29, 1.82) is 0 Å². The second-order valence-electron chi connectivity index (χ2n) is 9.40. The lowest BCUT2D eigenvalue weighted by atomic mass is 9.96. The van der Waals surface area contributed by atoms with Gasteiger partial charge in [0, 0.05) is 15.6 Å². The lowest BCUT2D eigenvalue weighted by Crippen LogP contribution is -2.21. The van der Waals surface area contributed by atoms with Crippen molar-refractivity contribution in [2.24, 2.45) is 5.10 Å². The van der Waals surface area contributed by atoms with Crippen LogP contribution in [0.4, 0.5) is 0 Å². The van der Waals surface area contributed by atoms with Gasteiger partial charge in [-0.05, 0) is 79.8 Å². The van der Waals surface area contributed by atoms with Crippen LogP contribution < -0.4 is 15.0 Å². The Kier molecular flexibility index (Phi) is 8.13. The number of halogens is 1. The summed E-state index contributed by atoms with van der Waals surface area (Å²) in [5, 5.41) is 5.18. The van der Waals surface area contributed by atoms with Gasteiger partial charge >= 0.3 is 0 Å². The molecule has 1 atom stereocenters. The predicted molar refractivity (Wildman–Crippen MR) is 154 cm³/mol. The van der Waals surface area contributed by atoms with Crippen LogP contribution in [-0.4, -0.2) is 29.1 Å². The lowest BCUT2D eigenvalue weighted by Gasteiger charge is -2.17. The molecule has 0 saturated heterocycles. The number of hydrogen-bond acceptors (Lipinski definition) is 5. The highest BCUT2D eigenvalue weighted by Gasteiger charge is 2.18. The van der Waals surface area contributed by atoms with Crippen LogP contribution in [0, 0.1) is 6.92 Å². The van der Waals surface area contributed by atoms with E-state index >= 15 is 0 Å². The van der Waals surface area contributed by atoms with E-state index < -0.39 is 0 Å². The van der Waals surface area contributed by atoms with Crippen LogP contribution in [0.1, 0.15) is 56.7 Å². The summed E-state index contributed by atoms with van der Waals surface area (Å²) in [4.78, 5) is 18.6. The zero-order valence-corrected chi connectivity index (χ0v) is 23.7. The summed E-state index contributed by atoms with van der Waals surface area (Å²) in [6.07, 6.45) is 2.58. The molecule has 0 aliphatic carbocycles. The number of benzene rings is 3. The number of nitrogens with zero attached hydrogens (tertiary/aromatic N) is 3. The normalized spacial score (nSPS) is 12.4. The smallest absolute Gasteiger partial charge is 0.282 e. The van der Waals surface area contributed by atoms with Gasteiger partial charge in [-0.3, -0.25) is 4.79 Å². The first-order valence-electron chi connectivity index (χ1n) is 12.4. The molecule has 0 spiro atoms. The molecule has 0 unspecified atom stereocenters. The molecule has 4 rings (SSSR count).